The number of aromatic nitrogens is 2. The van der Waals surface area contributed by atoms with Gasteiger partial charge in [-0.25, -0.2) is 13.9 Å². The molecule has 1 aliphatic heterocycles. The van der Waals surface area contributed by atoms with Crippen LogP contribution in [0, 0.1) is 12.7 Å². The second-order valence-electron chi connectivity index (χ2n) is 4.92. The summed E-state index contributed by atoms with van der Waals surface area (Å²) in [6, 6.07) is 5.92. The standard InChI is InChI=1S/C15H15FN2O3/c1-10-14(15(19)21-13-6-7-20-9-13)8-17-18(10)12-4-2-11(16)3-5-12/h2-5,8,13H,6-7,9H2,1H3/t13-/m0/s1. The molecule has 2 aromatic rings. The summed E-state index contributed by atoms with van der Waals surface area (Å²) in [6.45, 7) is 2.83. The van der Waals surface area contributed by atoms with E-state index in [1.165, 1.54) is 18.3 Å². The first-order valence-electron chi connectivity index (χ1n) is 6.74. The van der Waals surface area contributed by atoms with Crippen molar-refractivity contribution in [1.29, 1.82) is 0 Å². The van der Waals surface area contributed by atoms with Crippen molar-refractivity contribution in [3.8, 4) is 5.69 Å². The molecule has 0 amide bonds. The van der Waals surface area contributed by atoms with Gasteiger partial charge in [-0.2, -0.15) is 5.10 Å². The predicted molar refractivity (Wildman–Crippen MR) is 72.9 cm³/mol. The number of halogens is 1. The van der Waals surface area contributed by atoms with Crippen LogP contribution in [-0.2, 0) is 9.47 Å². The van der Waals surface area contributed by atoms with Crippen molar-refractivity contribution in [1.82, 2.24) is 9.78 Å². The summed E-state index contributed by atoms with van der Waals surface area (Å²) >= 11 is 0. The molecule has 1 saturated heterocycles. The van der Waals surface area contributed by atoms with Crippen LogP contribution in [0.25, 0.3) is 5.69 Å². The number of hydrogen-bond acceptors (Lipinski definition) is 4. The third-order valence-corrected chi connectivity index (χ3v) is 3.46. The highest BCUT2D eigenvalue weighted by atomic mass is 19.1. The maximum atomic E-state index is 12.9. The first kappa shape index (κ1) is 13.8. The quantitative estimate of drug-likeness (QED) is 0.814. The average Bonchev–Trinajstić information content (AvgIpc) is 3.09. The molecular formula is C15H15FN2O3. The number of carbonyl (C=O) groups is 1. The van der Waals surface area contributed by atoms with E-state index < -0.39 is 5.97 Å². The summed E-state index contributed by atoms with van der Waals surface area (Å²) in [6.07, 6.45) is 2.00. The lowest BCUT2D eigenvalue weighted by molar-refractivity contribution is 0.0270. The van der Waals surface area contributed by atoms with Gasteiger partial charge in [-0.05, 0) is 31.2 Å². The molecule has 0 spiro atoms. The summed E-state index contributed by atoms with van der Waals surface area (Å²) in [5.41, 5.74) is 1.76. The molecule has 1 aliphatic rings. The lowest BCUT2D eigenvalue weighted by Crippen LogP contribution is -2.18. The highest BCUT2D eigenvalue weighted by Crippen LogP contribution is 2.17. The second kappa shape index (κ2) is 5.65. The van der Waals surface area contributed by atoms with Crippen LogP contribution in [0.15, 0.2) is 30.5 Å². The normalized spacial score (nSPS) is 17.9. The van der Waals surface area contributed by atoms with Crippen molar-refractivity contribution in [2.75, 3.05) is 13.2 Å². The van der Waals surface area contributed by atoms with Crippen LogP contribution >= 0.6 is 0 Å². The van der Waals surface area contributed by atoms with E-state index in [4.69, 9.17) is 9.47 Å². The van der Waals surface area contributed by atoms with Crippen LogP contribution in [0.3, 0.4) is 0 Å². The molecule has 5 nitrogen and oxygen atoms in total. The molecule has 6 heteroatoms. The maximum Gasteiger partial charge on any atom is 0.341 e. The molecule has 110 valence electrons. The Balaban J connectivity index is 1.81. The van der Waals surface area contributed by atoms with Crippen molar-refractivity contribution >= 4 is 5.97 Å². The smallest absolute Gasteiger partial charge is 0.341 e. The van der Waals surface area contributed by atoms with E-state index in [2.05, 4.69) is 5.10 Å². The van der Waals surface area contributed by atoms with Crippen molar-refractivity contribution in [2.24, 2.45) is 0 Å². The van der Waals surface area contributed by atoms with Gasteiger partial charge in [-0.3, -0.25) is 0 Å². The molecule has 1 atom stereocenters. The third-order valence-electron chi connectivity index (χ3n) is 3.46. The van der Waals surface area contributed by atoms with Crippen LogP contribution in [0.1, 0.15) is 22.5 Å². The average molecular weight is 290 g/mol. The molecule has 0 unspecified atom stereocenters. The van der Waals surface area contributed by atoms with Crippen molar-refractivity contribution in [3.05, 3.63) is 47.5 Å². The zero-order valence-corrected chi connectivity index (χ0v) is 11.6. The number of rotatable bonds is 3. The summed E-state index contributed by atoms with van der Waals surface area (Å²) < 4.78 is 25.1. The highest BCUT2D eigenvalue weighted by molar-refractivity contribution is 5.90. The van der Waals surface area contributed by atoms with Crippen LogP contribution in [0.4, 0.5) is 4.39 Å². The zero-order valence-electron chi connectivity index (χ0n) is 11.6. The van der Waals surface area contributed by atoms with E-state index >= 15 is 0 Å². The zero-order chi connectivity index (χ0) is 14.8. The molecule has 0 bridgehead atoms. The molecule has 0 radical (unpaired) electrons. The van der Waals surface area contributed by atoms with Gasteiger partial charge in [0.15, 0.2) is 0 Å². The van der Waals surface area contributed by atoms with Crippen molar-refractivity contribution in [2.45, 2.75) is 19.4 Å². The Labute approximate surface area is 121 Å². The molecule has 21 heavy (non-hydrogen) atoms. The van der Waals surface area contributed by atoms with Gasteiger partial charge in [-0.15, -0.1) is 0 Å². The van der Waals surface area contributed by atoms with Gasteiger partial charge >= 0.3 is 5.97 Å². The van der Waals surface area contributed by atoms with Gasteiger partial charge in [0.2, 0.25) is 0 Å². The molecule has 0 N–H and O–H groups in total. The van der Waals surface area contributed by atoms with Gasteiger partial charge in [0.25, 0.3) is 0 Å². The SMILES string of the molecule is Cc1c(C(=O)O[C@H]2CCOC2)cnn1-c1ccc(F)cc1. The fraction of sp³-hybridized carbons (Fsp3) is 0.333. The first-order valence-corrected chi connectivity index (χ1v) is 6.74. The second-order valence-corrected chi connectivity index (χ2v) is 4.92. The van der Waals surface area contributed by atoms with E-state index in [-0.39, 0.29) is 11.9 Å². The van der Waals surface area contributed by atoms with Crippen LogP contribution in [0.5, 0.6) is 0 Å². The third kappa shape index (κ3) is 2.80. The molecule has 1 aromatic carbocycles. The van der Waals surface area contributed by atoms with Gasteiger partial charge in [-0.1, -0.05) is 0 Å². The Morgan fingerprint density at radius 3 is 2.86 bits per heavy atom. The topological polar surface area (TPSA) is 53.4 Å². The number of hydrogen-bond donors (Lipinski definition) is 0. The van der Waals surface area contributed by atoms with Crippen LogP contribution in [0.2, 0.25) is 0 Å². The van der Waals surface area contributed by atoms with E-state index in [9.17, 15) is 9.18 Å². The van der Waals surface area contributed by atoms with E-state index in [0.29, 0.717) is 30.2 Å². The van der Waals surface area contributed by atoms with E-state index in [1.54, 1.807) is 23.7 Å². The molecular weight excluding hydrogens is 275 g/mol. The highest BCUT2D eigenvalue weighted by Gasteiger charge is 2.23. The predicted octanol–water partition coefficient (Wildman–Crippen LogP) is 2.27. The van der Waals surface area contributed by atoms with Crippen molar-refractivity contribution < 1.29 is 18.7 Å². The van der Waals surface area contributed by atoms with E-state index in [1.807, 2.05) is 0 Å². The molecule has 1 aromatic heterocycles. The maximum absolute atomic E-state index is 12.9. The largest absolute Gasteiger partial charge is 0.456 e. The number of carbonyl (C=O) groups excluding carboxylic acids is 1. The number of ether oxygens (including phenoxy) is 2. The summed E-state index contributed by atoms with van der Waals surface area (Å²) in [5, 5.41) is 4.17. The molecule has 3 rings (SSSR count). The van der Waals surface area contributed by atoms with Gasteiger partial charge < -0.3 is 9.47 Å². The first-order chi connectivity index (χ1) is 10.1. The molecule has 0 saturated carbocycles. The summed E-state index contributed by atoms with van der Waals surface area (Å²) in [4.78, 5) is 12.1. The fourth-order valence-corrected chi connectivity index (χ4v) is 2.27. The van der Waals surface area contributed by atoms with Gasteiger partial charge in [0.1, 0.15) is 17.5 Å². The van der Waals surface area contributed by atoms with Crippen LogP contribution in [-0.4, -0.2) is 35.1 Å². The summed E-state index contributed by atoms with van der Waals surface area (Å²) in [5.74, 6) is -0.721. The van der Waals surface area contributed by atoms with Crippen LogP contribution < -0.4 is 0 Å². The lowest BCUT2D eigenvalue weighted by atomic mass is 10.2. The number of benzene rings is 1. The molecule has 0 aliphatic carbocycles. The number of esters is 1. The minimum absolute atomic E-state index is 0.189. The number of nitrogens with zero attached hydrogens (tertiary/aromatic N) is 2. The minimum Gasteiger partial charge on any atom is -0.456 e. The molecule has 2 heterocycles. The Morgan fingerprint density at radius 2 is 2.19 bits per heavy atom. The Morgan fingerprint density at radius 1 is 1.43 bits per heavy atom. The molecule has 1 fully saturated rings. The Hall–Kier alpha value is -2.21. The van der Waals surface area contributed by atoms with E-state index in [0.717, 1.165) is 6.42 Å². The lowest BCUT2D eigenvalue weighted by Gasteiger charge is -2.10. The van der Waals surface area contributed by atoms with Gasteiger partial charge in [0, 0.05) is 6.42 Å². The minimum atomic E-state index is -0.406. The van der Waals surface area contributed by atoms with Crippen molar-refractivity contribution in [3.63, 3.8) is 0 Å². The fourth-order valence-electron chi connectivity index (χ4n) is 2.27. The Bertz CT molecular complexity index is 645. The van der Waals surface area contributed by atoms with Gasteiger partial charge in [0.05, 0.1) is 30.8 Å². The monoisotopic (exact) mass is 290 g/mol. The summed E-state index contributed by atoms with van der Waals surface area (Å²) in [7, 11) is 0. The Kier molecular flexibility index (Phi) is 3.70.